The van der Waals surface area contributed by atoms with Crippen molar-refractivity contribution in [2.75, 3.05) is 0 Å². The number of ketones is 1. The summed E-state index contributed by atoms with van der Waals surface area (Å²) in [6.45, 7) is 1.56. The van der Waals surface area contributed by atoms with Crippen LogP contribution in [0.5, 0.6) is 0 Å². The van der Waals surface area contributed by atoms with Crippen molar-refractivity contribution in [1.82, 2.24) is 0 Å². The van der Waals surface area contributed by atoms with E-state index in [0.717, 1.165) is 37.8 Å². The number of carbonyl (C=O) groups is 1. The first-order chi connectivity index (χ1) is 9.00. The molecule has 1 saturated carbocycles. The quantitative estimate of drug-likeness (QED) is 0.796. The van der Waals surface area contributed by atoms with Crippen molar-refractivity contribution in [3.8, 4) is 0 Å². The molecule has 2 atom stereocenters. The largest absolute Gasteiger partial charge is 0.293 e. The number of hydrogen-bond donors (Lipinski definition) is 0. The summed E-state index contributed by atoms with van der Waals surface area (Å²) in [4.78, 5) is 12.1. The molecule has 0 saturated heterocycles. The molecule has 104 valence electrons. The molecule has 1 aliphatic rings. The topological polar surface area (TPSA) is 34.1 Å². The van der Waals surface area contributed by atoms with Crippen LogP contribution in [0, 0.1) is 11.6 Å². The maximum Gasteiger partial charge on any atom is 0.181 e. The zero-order valence-electron chi connectivity index (χ0n) is 10.7. The van der Waals surface area contributed by atoms with E-state index in [4.69, 9.17) is 0 Å². The van der Waals surface area contributed by atoms with Gasteiger partial charge in [-0.15, -0.1) is 0 Å². The molecule has 1 fully saturated rings. The lowest BCUT2D eigenvalue weighted by Gasteiger charge is -2.15. The summed E-state index contributed by atoms with van der Waals surface area (Å²) in [5, 5.41) is -0.717. The second-order valence-electron chi connectivity index (χ2n) is 4.87. The molecule has 1 aromatic rings. The maximum atomic E-state index is 13.5. The third-order valence-corrected chi connectivity index (χ3v) is 5.58. The lowest BCUT2D eigenvalue weighted by molar-refractivity contribution is 0.0988. The first kappa shape index (κ1) is 14.3. The molecule has 0 amide bonds. The van der Waals surface area contributed by atoms with Gasteiger partial charge in [0, 0.05) is 22.1 Å². The molecule has 1 aliphatic carbocycles. The van der Waals surface area contributed by atoms with E-state index >= 15 is 0 Å². The summed E-state index contributed by atoms with van der Waals surface area (Å²) in [5.41, 5.74) is -0.180. The lowest BCUT2D eigenvalue weighted by Crippen LogP contribution is -2.29. The molecule has 0 aromatic heterocycles. The van der Waals surface area contributed by atoms with E-state index in [2.05, 4.69) is 0 Å². The van der Waals surface area contributed by atoms with E-state index in [1.165, 1.54) is 0 Å². The van der Waals surface area contributed by atoms with Crippen LogP contribution >= 0.6 is 0 Å². The Hall–Kier alpha value is -1.10. The van der Waals surface area contributed by atoms with Crippen LogP contribution in [-0.2, 0) is 10.8 Å². The van der Waals surface area contributed by atoms with E-state index in [0.29, 0.717) is 6.07 Å². The van der Waals surface area contributed by atoms with Gasteiger partial charge in [-0.05, 0) is 31.9 Å². The minimum Gasteiger partial charge on any atom is -0.293 e. The fraction of sp³-hybridized carbons (Fsp3) is 0.500. The van der Waals surface area contributed by atoms with Gasteiger partial charge in [-0.1, -0.05) is 12.8 Å². The van der Waals surface area contributed by atoms with E-state index in [-0.39, 0.29) is 10.8 Å². The molecule has 2 unspecified atom stereocenters. The summed E-state index contributed by atoms with van der Waals surface area (Å²) in [6.07, 6.45) is 3.77. The van der Waals surface area contributed by atoms with E-state index in [1.54, 1.807) is 6.92 Å². The van der Waals surface area contributed by atoms with Gasteiger partial charge in [-0.25, -0.2) is 8.78 Å². The Morgan fingerprint density at radius 3 is 2.53 bits per heavy atom. The molecule has 0 radical (unpaired) electrons. The van der Waals surface area contributed by atoms with Crippen LogP contribution in [0.3, 0.4) is 0 Å². The van der Waals surface area contributed by atoms with E-state index in [1.807, 2.05) is 0 Å². The number of rotatable bonds is 4. The van der Waals surface area contributed by atoms with Gasteiger partial charge in [0.05, 0.1) is 10.8 Å². The predicted octanol–water partition coefficient (Wildman–Crippen LogP) is 3.23. The van der Waals surface area contributed by atoms with Gasteiger partial charge in [0.15, 0.2) is 5.78 Å². The fourth-order valence-electron chi connectivity index (χ4n) is 2.42. The average molecular weight is 286 g/mol. The van der Waals surface area contributed by atoms with Gasteiger partial charge < -0.3 is 0 Å². The number of halogens is 2. The summed E-state index contributed by atoms with van der Waals surface area (Å²) in [5.74, 6) is -2.12. The molecule has 2 rings (SSSR count). The van der Waals surface area contributed by atoms with Crippen LogP contribution in [0.25, 0.3) is 0 Å². The molecule has 0 spiro atoms. The Morgan fingerprint density at radius 1 is 1.32 bits per heavy atom. The molecule has 0 N–H and O–H groups in total. The molecule has 19 heavy (non-hydrogen) atoms. The zero-order valence-corrected chi connectivity index (χ0v) is 11.5. The van der Waals surface area contributed by atoms with Crippen molar-refractivity contribution in [1.29, 1.82) is 0 Å². The van der Waals surface area contributed by atoms with Crippen LogP contribution in [0.4, 0.5) is 8.78 Å². The molecule has 0 aliphatic heterocycles. The van der Waals surface area contributed by atoms with Crippen molar-refractivity contribution in [3.05, 3.63) is 35.4 Å². The van der Waals surface area contributed by atoms with Gasteiger partial charge in [0.25, 0.3) is 0 Å². The molecule has 2 nitrogen and oxygen atoms in total. The maximum absolute atomic E-state index is 13.5. The predicted molar refractivity (Wildman–Crippen MR) is 70.5 cm³/mol. The second-order valence-corrected chi connectivity index (χ2v) is 6.90. The number of hydrogen-bond acceptors (Lipinski definition) is 2. The van der Waals surface area contributed by atoms with Crippen molar-refractivity contribution in [2.24, 2.45) is 0 Å². The molecule has 1 aromatic carbocycles. The Labute approximate surface area is 113 Å². The Balaban J connectivity index is 2.16. The van der Waals surface area contributed by atoms with Crippen molar-refractivity contribution < 1.29 is 17.8 Å². The van der Waals surface area contributed by atoms with Crippen LogP contribution in [0.2, 0.25) is 0 Å². The minimum atomic E-state index is -1.29. The molecular weight excluding hydrogens is 270 g/mol. The molecule has 0 heterocycles. The summed E-state index contributed by atoms with van der Waals surface area (Å²) < 4.78 is 38.6. The van der Waals surface area contributed by atoms with Crippen LogP contribution < -0.4 is 0 Å². The summed E-state index contributed by atoms with van der Waals surface area (Å²) >= 11 is 0. The van der Waals surface area contributed by atoms with E-state index in [9.17, 15) is 17.8 Å². The second kappa shape index (κ2) is 5.90. The Bertz CT molecular complexity index is 510. The van der Waals surface area contributed by atoms with Gasteiger partial charge in [0.2, 0.25) is 0 Å². The van der Waals surface area contributed by atoms with Crippen molar-refractivity contribution >= 4 is 16.6 Å². The number of benzene rings is 1. The summed E-state index contributed by atoms with van der Waals surface area (Å²) in [7, 11) is -1.29. The van der Waals surface area contributed by atoms with Gasteiger partial charge in [-0.2, -0.15) is 0 Å². The first-order valence-corrected chi connectivity index (χ1v) is 7.67. The standard InChI is InChI=1S/C14H16F2O2S/c1-9(19(18)11-4-2-3-5-11)14(17)12-7-6-10(15)8-13(12)16/h6-9,11H,2-5H2,1H3. The normalized spacial score (nSPS) is 19.3. The highest BCUT2D eigenvalue weighted by atomic mass is 32.2. The third kappa shape index (κ3) is 3.08. The highest BCUT2D eigenvalue weighted by molar-refractivity contribution is 7.87. The van der Waals surface area contributed by atoms with E-state index < -0.39 is 33.5 Å². The lowest BCUT2D eigenvalue weighted by atomic mass is 10.1. The average Bonchev–Trinajstić information content (AvgIpc) is 2.90. The van der Waals surface area contributed by atoms with Crippen molar-refractivity contribution in [2.45, 2.75) is 43.1 Å². The fourth-order valence-corrected chi connectivity index (χ4v) is 4.14. The Morgan fingerprint density at radius 2 is 1.95 bits per heavy atom. The zero-order chi connectivity index (χ0) is 14.0. The Kier molecular flexibility index (Phi) is 4.45. The highest BCUT2D eigenvalue weighted by Gasteiger charge is 2.30. The SMILES string of the molecule is CC(C(=O)c1ccc(F)cc1F)S(=O)C1CCCC1. The van der Waals surface area contributed by atoms with Gasteiger partial charge >= 0.3 is 0 Å². The number of Topliss-reactive ketones (excluding diaryl/α,β-unsaturated/α-hetero) is 1. The molecule has 0 bridgehead atoms. The minimum absolute atomic E-state index is 0.0301. The smallest absolute Gasteiger partial charge is 0.181 e. The van der Waals surface area contributed by atoms with Crippen LogP contribution in [0.1, 0.15) is 43.0 Å². The summed E-state index contributed by atoms with van der Waals surface area (Å²) in [6, 6.07) is 2.84. The highest BCUT2D eigenvalue weighted by Crippen LogP contribution is 2.26. The first-order valence-electron chi connectivity index (χ1n) is 6.39. The van der Waals surface area contributed by atoms with Crippen LogP contribution in [0.15, 0.2) is 18.2 Å². The monoisotopic (exact) mass is 286 g/mol. The molecule has 5 heteroatoms. The van der Waals surface area contributed by atoms with Gasteiger partial charge in [-0.3, -0.25) is 9.00 Å². The van der Waals surface area contributed by atoms with Gasteiger partial charge in [0.1, 0.15) is 11.6 Å². The molecular formula is C14H16F2O2S. The number of carbonyl (C=O) groups excluding carboxylic acids is 1. The van der Waals surface area contributed by atoms with Crippen molar-refractivity contribution in [3.63, 3.8) is 0 Å². The third-order valence-electron chi connectivity index (χ3n) is 3.55. The van der Waals surface area contributed by atoms with Crippen LogP contribution in [-0.4, -0.2) is 20.5 Å².